The highest BCUT2D eigenvalue weighted by Gasteiger charge is 2.08. The van der Waals surface area contributed by atoms with Crippen LogP contribution in [0.3, 0.4) is 0 Å². The largest absolute Gasteiger partial charge is 0.493 e. The Morgan fingerprint density at radius 1 is 1.18 bits per heavy atom. The average Bonchev–Trinajstić information content (AvgIpc) is 2.37. The molecule has 0 saturated carbocycles. The van der Waals surface area contributed by atoms with Crippen molar-refractivity contribution in [2.24, 2.45) is 0 Å². The SMILES string of the molecule is CCCCOc1c(C=O)cccc1CCCC. The van der Waals surface area contributed by atoms with Crippen molar-refractivity contribution in [3.8, 4) is 5.75 Å². The van der Waals surface area contributed by atoms with Gasteiger partial charge in [-0.3, -0.25) is 4.79 Å². The third kappa shape index (κ3) is 4.22. The summed E-state index contributed by atoms with van der Waals surface area (Å²) in [5.74, 6) is 0.796. The molecule has 0 unspecified atom stereocenters. The third-order valence-corrected chi connectivity index (χ3v) is 2.80. The van der Waals surface area contributed by atoms with Gasteiger partial charge in [-0.2, -0.15) is 0 Å². The van der Waals surface area contributed by atoms with E-state index in [1.54, 1.807) is 0 Å². The molecule has 0 bridgehead atoms. The van der Waals surface area contributed by atoms with E-state index < -0.39 is 0 Å². The van der Waals surface area contributed by atoms with Crippen molar-refractivity contribution < 1.29 is 9.53 Å². The molecule has 2 heteroatoms. The molecule has 1 aromatic rings. The first-order chi connectivity index (χ1) is 8.33. The van der Waals surface area contributed by atoms with E-state index in [1.165, 1.54) is 0 Å². The van der Waals surface area contributed by atoms with E-state index in [9.17, 15) is 4.79 Å². The first kappa shape index (κ1) is 13.8. The first-order valence-electron chi connectivity index (χ1n) is 6.53. The van der Waals surface area contributed by atoms with Gasteiger partial charge in [0.25, 0.3) is 0 Å². The van der Waals surface area contributed by atoms with E-state index in [4.69, 9.17) is 4.74 Å². The number of carbonyl (C=O) groups is 1. The van der Waals surface area contributed by atoms with Gasteiger partial charge in [-0.15, -0.1) is 0 Å². The molecule has 1 rings (SSSR count). The van der Waals surface area contributed by atoms with Crippen LogP contribution >= 0.6 is 0 Å². The van der Waals surface area contributed by atoms with Crippen molar-refractivity contribution in [2.45, 2.75) is 46.0 Å². The third-order valence-electron chi connectivity index (χ3n) is 2.80. The van der Waals surface area contributed by atoms with Gasteiger partial charge in [0.15, 0.2) is 6.29 Å². The van der Waals surface area contributed by atoms with Crippen molar-refractivity contribution in [2.75, 3.05) is 6.61 Å². The number of para-hydroxylation sites is 1. The summed E-state index contributed by atoms with van der Waals surface area (Å²) in [6.07, 6.45) is 6.29. The molecule has 17 heavy (non-hydrogen) atoms. The molecule has 0 radical (unpaired) electrons. The summed E-state index contributed by atoms with van der Waals surface area (Å²) in [5, 5.41) is 0. The molecule has 0 fully saturated rings. The first-order valence-corrected chi connectivity index (χ1v) is 6.53. The van der Waals surface area contributed by atoms with Gasteiger partial charge in [-0.1, -0.05) is 38.8 Å². The molecule has 0 amide bonds. The van der Waals surface area contributed by atoms with E-state index in [0.717, 1.165) is 49.7 Å². The van der Waals surface area contributed by atoms with Gasteiger partial charge in [0.2, 0.25) is 0 Å². The fourth-order valence-electron chi connectivity index (χ4n) is 1.76. The zero-order chi connectivity index (χ0) is 12.5. The van der Waals surface area contributed by atoms with Crippen LogP contribution < -0.4 is 4.74 Å². The van der Waals surface area contributed by atoms with Gasteiger partial charge in [-0.25, -0.2) is 0 Å². The predicted octanol–water partition coefficient (Wildman–Crippen LogP) is 4.02. The van der Waals surface area contributed by atoms with Gasteiger partial charge in [0.1, 0.15) is 5.75 Å². The maximum absolute atomic E-state index is 11.0. The Kier molecular flexibility index (Phi) is 6.38. The van der Waals surface area contributed by atoms with E-state index in [0.29, 0.717) is 12.2 Å². The second-order valence-corrected chi connectivity index (χ2v) is 4.26. The number of benzene rings is 1. The van der Waals surface area contributed by atoms with E-state index >= 15 is 0 Å². The van der Waals surface area contributed by atoms with Crippen LogP contribution in [0.4, 0.5) is 0 Å². The predicted molar refractivity (Wildman–Crippen MR) is 70.8 cm³/mol. The lowest BCUT2D eigenvalue weighted by atomic mass is 10.0. The highest BCUT2D eigenvalue weighted by Crippen LogP contribution is 2.24. The highest BCUT2D eigenvalue weighted by atomic mass is 16.5. The molecule has 0 aliphatic carbocycles. The van der Waals surface area contributed by atoms with Crippen molar-refractivity contribution in [1.82, 2.24) is 0 Å². The van der Waals surface area contributed by atoms with E-state index in [1.807, 2.05) is 12.1 Å². The zero-order valence-electron chi connectivity index (χ0n) is 10.9. The molecule has 2 nitrogen and oxygen atoms in total. The number of carbonyl (C=O) groups excluding carboxylic acids is 1. The van der Waals surface area contributed by atoms with Crippen LogP contribution in [-0.2, 0) is 6.42 Å². The number of ether oxygens (including phenoxy) is 1. The molecule has 0 heterocycles. The second kappa shape index (κ2) is 7.88. The molecule has 1 aromatic carbocycles. The minimum absolute atomic E-state index is 0.676. The van der Waals surface area contributed by atoms with Crippen molar-refractivity contribution >= 4 is 6.29 Å². The summed E-state index contributed by atoms with van der Waals surface area (Å²) in [7, 11) is 0. The zero-order valence-corrected chi connectivity index (χ0v) is 10.9. The smallest absolute Gasteiger partial charge is 0.153 e. The fourth-order valence-corrected chi connectivity index (χ4v) is 1.76. The number of aldehydes is 1. The minimum atomic E-state index is 0.676. The lowest BCUT2D eigenvalue weighted by Gasteiger charge is -2.13. The van der Waals surface area contributed by atoms with Crippen LogP contribution in [0.5, 0.6) is 5.75 Å². The van der Waals surface area contributed by atoms with Crippen molar-refractivity contribution in [3.05, 3.63) is 29.3 Å². The summed E-state index contributed by atoms with van der Waals surface area (Å²) >= 11 is 0. The Bertz CT molecular complexity index is 345. The van der Waals surface area contributed by atoms with Gasteiger partial charge in [0, 0.05) is 0 Å². The molecular weight excluding hydrogens is 212 g/mol. The molecule has 0 saturated heterocycles. The quantitative estimate of drug-likeness (QED) is 0.501. The molecule has 0 atom stereocenters. The molecule has 0 aliphatic rings. The molecule has 94 valence electrons. The minimum Gasteiger partial charge on any atom is -0.493 e. The van der Waals surface area contributed by atoms with Crippen LogP contribution in [0.2, 0.25) is 0 Å². The van der Waals surface area contributed by atoms with Crippen LogP contribution in [-0.4, -0.2) is 12.9 Å². The van der Waals surface area contributed by atoms with Crippen LogP contribution in [0.15, 0.2) is 18.2 Å². The number of rotatable bonds is 8. The van der Waals surface area contributed by atoms with Crippen LogP contribution in [0.1, 0.15) is 55.5 Å². The van der Waals surface area contributed by atoms with Crippen LogP contribution in [0, 0.1) is 0 Å². The van der Waals surface area contributed by atoms with Gasteiger partial charge >= 0.3 is 0 Å². The lowest BCUT2D eigenvalue weighted by molar-refractivity contribution is 0.111. The monoisotopic (exact) mass is 234 g/mol. The van der Waals surface area contributed by atoms with Gasteiger partial charge in [0.05, 0.1) is 12.2 Å². The summed E-state index contributed by atoms with van der Waals surface area (Å²) in [4.78, 5) is 11.0. The normalized spacial score (nSPS) is 10.2. The standard InChI is InChI=1S/C15H22O2/c1-3-5-8-13-9-7-10-14(12-16)15(13)17-11-6-4-2/h7,9-10,12H,3-6,8,11H2,1-2H3. The summed E-state index contributed by atoms with van der Waals surface area (Å²) < 4.78 is 5.77. The molecular formula is C15H22O2. The number of hydrogen-bond donors (Lipinski definition) is 0. The Labute approximate surface area is 104 Å². The Hall–Kier alpha value is -1.31. The maximum Gasteiger partial charge on any atom is 0.153 e. The van der Waals surface area contributed by atoms with E-state index in [-0.39, 0.29) is 0 Å². The summed E-state index contributed by atoms with van der Waals surface area (Å²) in [6, 6.07) is 5.81. The topological polar surface area (TPSA) is 26.3 Å². The fraction of sp³-hybridized carbons (Fsp3) is 0.533. The number of hydrogen-bond acceptors (Lipinski definition) is 2. The number of aryl methyl sites for hydroxylation is 1. The number of unbranched alkanes of at least 4 members (excludes halogenated alkanes) is 2. The van der Waals surface area contributed by atoms with Crippen LogP contribution in [0.25, 0.3) is 0 Å². The molecule has 0 N–H and O–H groups in total. The summed E-state index contributed by atoms with van der Waals surface area (Å²) in [5.41, 5.74) is 1.84. The van der Waals surface area contributed by atoms with Gasteiger partial charge < -0.3 is 4.74 Å². The molecule has 0 aliphatic heterocycles. The Morgan fingerprint density at radius 2 is 1.94 bits per heavy atom. The maximum atomic E-state index is 11.0. The Morgan fingerprint density at radius 3 is 2.59 bits per heavy atom. The van der Waals surface area contributed by atoms with Crippen molar-refractivity contribution in [1.29, 1.82) is 0 Å². The lowest BCUT2D eigenvalue weighted by Crippen LogP contribution is -2.03. The van der Waals surface area contributed by atoms with Gasteiger partial charge in [-0.05, 0) is 30.9 Å². The average molecular weight is 234 g/mol. The highest BCUT2D eigenvalue weighted by molar-refractivity contribution is 5.80. The second-order valence-electron chi connectivity index (χ2n) is 4.26. The summed E-state index contributed by atoms with van der Waals surface area (Å²) in [6.45, 7) is 4.99. The Balaban J connectivity index is 2.82. The van der Waals surface area contributed by atoms with E-state index in [2.05, 4.69) is 19.9 Å². The molecule has 0 spiro atoms. The van der Waals surface area contributed by atoms with Crippen molar-refractivity contribution in [3.63, 3.8) is 0 Å². The molecule has 0 aromatic heterocycles.